The fraction of sp³-hybridized carbons (Fsp3) is 0.286. The van der Waals surface area contributed by atoms with Crippen LogP contribution in [0.15, 0.2) is 24.3 Å². The molecule has 2 saturated heterocycles. The molecule has 18 heavy (non-hydrogen) atoms. The summed E-state index contributed by atoms with van der Waals surface area (Å²) in [5.41, 5.74) is 1.17. The Morgan fingerprint density at radius 1 is 1.22 bits per heavy atom. The highest BCUT2D eigenvalue weighted by Crippen LogP contribution is 2.31. The van der Waals surface area contributed by atoms with Crippen LogP contribution in [0, 0.1) is 12.3 Å². The minimum absolute atomic E-state index is 0.289. The molecular weight excluding hydrogens is 230 g/mol. The van der Waals surface area contributed by atoms with Crippen LogP contribution in [0.5, 0.6) is 0 Å². The van der Waals surface area contributed by atoms with E-state index in [4.69, 9.17) is 11.2 Å². The Balaban J connectivity index is 2.02. The van der Waals surface area contributed by atoms with E-state index in [2.05, 4.69) is 5.92 Å². The first-order valence-corrected chi connectivity index (χ1v) is 5.80. The molecule has 4 heteroatoms. The zero-order chi connectivity index (χ0) is 12.7. The molecule has 90 valence electrons. The van der Waals surface area contributed by atoms with E-state index < -0.39 is 12.2 Å². The Labute approximate surface area is 105 Å². The van der Waals surface area contributed by atoms with E-state index in [0.717, 1.165) is 0 Å². The van der Waals surface area contributed by atoms with Crippen molar-refractivity contribution >= 4 is 17.5 Å². The van der Waals surface area contributed by atoms with Crippen LogP contribution in [0.2, 0.25) is 0 Å². The number of terminal acetylenes is 1. The summed E-state index contributed by atoms with van der Waals surface area (Å²) in [6.07, 6.45) is 5.58. The van der Waals surface area contributed by atoms with Gasteiger partial charge in [0.05, 0.1) is 5.69 Å². The molecule has 0 spiro atoms. The van der Waals surface area contributed by atoms with E-state index in [1.54, 1.807) is 24.3 Å². The van der Waals surface area contributed by atoms with Crippen LogP contribution in [0.1, 0.15) is 18.4 Å². The summed E-state index contributed by atoms with van der Waals surface area (Å²) in [6.45, 7) is 0. The number of carbonyl (C=O) groups excluding carboxylic acids is 2. The minimum atomic E-state index is -0.484. The standard InChI is InChI=1S/C14H11NO3/c1-2-9-4-3-5-10(8-9)15-13(16)11-6-7-12(18-11)14(15)17/h1,3-5,8,11-12H,6-7H2. The Kier molecular flexibility index (Phi) is 2.42. The molecule has 1 aromatic carbocycles. The molecule has 1 aromatic rings. The highest BCUT2D eigenvalue weighted by molar-refractivity contribution is 6.19. The van der Waals surface area contributed by atoms with Gasteiger partial charge in [0, 0.05) is 5.56 Å². The highest BCUT2D eigenvalue weighted by Gasteiger charge is 2.47. The Morgan fingerprint density at radius 2 is 1.89 bits per heavy atom. The summed E-state index contributed by atoms with van der Waals surface area (Å²) in [4.78, 5) is 25.4. The van der Waals surface area contributed by atoms with Crippen LogP contribution in [-0.2, 0) is 14.3 Å². The summed E-state index contributed by atoms with van der Waals surface area (Å²) >= 11 is 0. The number of anilines is 1. The summed E-state index contributed by atoms with van der Waals surface area (Å²) < 4.78 is 5.35. The number of benzene rings is 1. The number of carbonyl (C=O) groups is 2. The molecule has 0 aliphatic carbocycles. The van der Waals surface area contributed by atoms with Crippen molar-refractivity contribution in [2.45, 2.75) is 25.0 Å². The molecule has 0 saturated carbocycles. The average molecular weight is 241 g/mol. The van der Waals surface area contributed by atoms with Gasteiger partial charge in [0.15, 0.2) is 0 Å². The van der Waals surface area contributed by atoms with Gasteiger partial charge >= 0.3 is 0 Å². The van der Waals surface area contributed by atoms with Crippen molar-refractivity contribution in [2.75, 3.05) is 4.90 Å². The largest absolute Gasteiger partial charge is 0.355 e. The van der Waals surface area contributed by atoms with Gasteiger partial charge in [-0.1, -0.05) is 12.0 Å². The third kappa shape index (κ3) is 1.52. The molecule has 0 radical (unpaired) electrons. The van der Waals surface area contributed by atoms with Crippen molar-refractivity contribution in [3.63, 3.8) is 0 Å². The molecule has 2 atom stereocenters. The normalized spacial score (nSPS) is 26.3. The number of nitrogens with zero attached hydrogens (tertiary/aromatic N) is 1. The lowest BCUT2D eigenvalue weighted by Crippen LogP contribution is -2.52. The zero-order valence-electron chi connectivity index (χ0n) is 9.63. The number of amides is 2. The van der Waals surface area contributed by atoms with Crippen molar-refractivity contribution in [1.82, 2.24) is 0 Å². The van der Waals surface area contributed by atoms with Crippen molar-refractivity contribution in [3.8, 4) is 12.3 Å². The number of ether oxygens (including phenoxy) is 1. The molecule has 2 fully saturated rings. The fourth-order valence-corrected chi connectivity index (χ4v) is 2.39. The third-order valence-electron chi connectivity index (χ3n) is 3.28. The number of morpholine rings is 1. The quantitative estimate of drug-likeness (QED) is 0.546. The second-order valence-electron chi connectivity index (χ2n) is 4.40. The van der Waals surface area contributed by atoms with E-state index in [9.17, 15) is 9.59 Å². The fourth-order valence-electron chi connectivity index (χ4n) is 2.39. The predicted octanol–water partition coefficient (Wildman–Crippen LogP) is 1.09. The Morgan fingerprint density at radius 3 is 2.50 bits per heavy atom. The van der Waals surface area contributed by atoms with Gasteiger partial charge in [-0.3, -0.25) is 9.59 Å². The first-order valence-electron chi connectivity index (χ1n) is 5.80. The first kappa shape index (κ1) is 11.0. The molecule has 2 bridgehead atoms. The first-order chi connectivity index (χ1) is 8.70. The van der Waals surface area contributed by atoms with Gasteiger partial charge in [-0.05, 0) is 31.0 Å². The summed E-state index contributed by atoms with van der Waals surface area (Å²) in [6, 6.07) is 6.87. The number of hydrogen-bond acceptors (Lipinski definition) is 3. The molecule has 0 N–H and O–H groups in total. The monoisotopic (exact) mass is 241 g/mol. The molecule has 2 amide bonds. The van der Waals surface area contributed by atoms with Crippen molar-refractivity contribution in [3.05, 3.63) is 29.8 Å². The lowest BCUT2D eigenvalue weighted by Gasteiger charge is -2.29. The van der Waals surface area contributed by atoms with Crippen LogP contribution in [0.25, 0.3) is 0 Å². The number of fused-ring (bicyclic) bond motifs is 2. The van der Waals surface area contributed by atoms with Gasteiger partial charge in [0.2, 0.25) is 0 Å². The maximum atomic E-state index is 12.1. The average Bonchev–Trinajstić information content (AvgIpc) is 2.84. The van der Waals surface area contributed by atoms with Crippen molar-refractivity contribution < 1.29 is 14.3 Å². The molecule has 2 unspecified atom stereocenters. The van der Waals surface area contributed by atoms with E-state index in [-0.39, 0.29) is 11.8 Å². The third-order valence-corrected chi connectivity index (χ3v) is 3.28. The van der Waals surface area contributed by atoms with Gasteiger partial charge in [0.1, 0.15) is 12.2 Å². The van der Waals surface area contributed by atoms with Gasteiger partial charge in [-0.2, -0.15) is 0 Å². The second kappa shape index (κ2) is 3.97. The molecular formula is C14H11NO3. The topological polar surface area (TPSA) is 46.6 Å². The summed E-state index contributed by atoms with van der Waals surface area (Å²) in [7, 11) is 0. The van der Waals surface area contributed by atoms with Crippen LogP contribution in [0.3, 0.4) is 0 Å². The Bertz CT molecular complexity index is 551. The Hall–Kier alpha value is -2.12. The molecule has 3 rings (SSSR count). The summed E-state index contributed by atoms with van der Waals surface area (Å²) in [5.74, 6) is 1.92. The molecule has 2 aliphatic heterocycles. The molecule has 4 nitrogen and oxygen atoms in total. The predicted molar refractivity (Wildman–Crippen MR) is 64.8 cm³/mol. The SMILES string of the molecule is C#Cc1cccc(N2C(=O)C3CCC(O3)C2=O)c1. The minimum Gasteiger partial charge on any atom is -0.355 e. The smallest absolute Gasteiger partial charge is 0.262 e. The van der Waals surface area contributed by atoms with Crippen molar-refractivity contribution in [1.29, 1.82) is 0 Å². The lowest BCUT2D eigenvalue weighted by molar-refractivity contribution is -0.146. The maximum absolute atomic E-state index is 12.1. The maximum Gasteiger partial charge on any atom is 0.262 e. The van der Waals surface area contributed by atoms with Crippen molar-refractivity contribution in [2.24, 2.45) is 0 Å². The van der Waals surface area contributed by atoms with Gasteiger partial charge in [-0.15, -0.1) is 6.42 Å². The number of imide groups is 1. The number of hydrogen-bond donors (Lipinski definition) is 0. The van der Waals surface area contributed by atoms with Gasteiger partial charge < -0.3 is 4.74 Å². The van der Waals surface area contributed by atoms with Crippen LogP contribution >= 0.6 is 0 Å². The second-order valence-corrected chi connectivity index (χ2v) is 4.40. The van der Waals surface area contributed by atoms with E-state index in [1.165, 1.54) is 4.90 Å². The molecule has 2 aliphatic rings. The highest BCUT2D eigenvalue weighted by atomic mass is 16.5. The zero-order valence-corrected chi connectivity index (χ0v) is 9.63. The van der Waals surface area contributed by atoms with Crippen LogP contribution in [0.4, 0.5) is 5.69 Å². The number of rotatable bonds is 1. The van der Waals surface area contributed by atoms with Crippen LogP contribution in [-0.4, -0.2) is 24.0 Å². The molecule has 0 aromatic heterocycles. The van der Waals surface area contributed by atoms with E-state index in [0.29, 0.717) is 24.1 Å². The van der Waals surface area contributed by atoms with Gasteiger partial charge in [-0.25, -0.2) is 4.90 Å². The van der Waals surface area contributed by atoms with E-state index >= 15 is 0 Å². The summed E-state index contributed by atoms with van der Waals surface area (Å²) in [5, 5.41) is 0. The van der Waals surface area contributed by atoms with Crippen LogP contribution < -0.4 is 4.90 Å². The van der Waals surface area contributed by atoms with E-state index in [1.807, 2.05) is 0 Å². The lowest BCUT2D eigenvalue weighted by atomic mass is 10.1. The molecule has 2 heterocycles. The van der Waals surface area contributed by atoms with Gasteiger partial charge in [0.25, 0.3) is 11.8 Å².